The lowest BCUT2D eigenvalue weighted by molar-refractivity contribution is 0.131. The number of amides is 1. The molecule has 0 saturated carbocycles. The molecule has 82 valence electrons. The second kappa shape index (κ2) is 4.79. The highest BCUT2D eigenvalue weighted by molar-refractivity contribution is 5.72. The first-order chi connectivity index (χ1) is 7.19. The number of nitrogens with zero attached hydrogens (tertiary/aromatic N) is 1. The Kier molecular flexibility index (Phi) is 3.68. The third kappa shape index (κ3) is 1.94. The fourth-order valence-electron chi connectivity index (χ4n) is 1.59. The summed E-state index contributed by atoms with van der Waals surface area (Å²) in [5.74, 6) is 0. The highest BCUT2D eigenvalue weighted by atomic mass is 16.6. The third-order valence-corrected chi connectivity index (χ3v) is 2.40. The number of carbonyl (C=O) groups is 1. The average Bonchev–Trinajstić information content (AvgIpc) is 2.57. The van der Waals surface area contributed by atoms with Gasteiger partial charge in [-0.2, -0.15) is 0 Å². The number of hydrogen-bond donors (Lipinski definition) is 1. The highest BCUT2D eigenvalue weighted by Gasteiger charge is 2.41. The first-order valence-electron chi connectivity index (χ1n) is 4.67. The van der Waals surface area contributed by atoms with Crippen molar-refractivity contribution >= 4 is 6.09 Å². The third-order valence-electron chi connectivity index (χ3n) is 2.40. The monoisotopic (exact) mass is 209 g/mol. The van der Waals surface area contributed by atoms with Crippen LogP contribution in [0.1, 0.15) is 0 Å². The van der Waals surface area contributed by atoms with Crippen LogP contribution in [0, 0.1) is 0 Å². The number of carbonyl (C=O) groups excluding carboxylic acids is 1. The molecule has 1 saturated heterocycles. The number of aliphatic hydroxyl groups excluding tert-OH is 1. The summed E-state index contributed by atoms with van der Waals surface area (Å²) in [4.78, 5) is 12.9. The van der Waals surface area contributed by atoms with E-state index in [9.17, 15) is 4.79 Å². The first kappa shape index (κ1) is 11.5. The largest absolute Gasteiger partial charge is 0.439 e. The summed E-state index contributed by atoms with van der Waals surface area (Å²) in [5.41, 5.74) is 0. The average molecular weight is 209 g/mol. The fourth-order valence-corrected chi connectivity index (χ4v) is 1.59. The van der Waals surface area contributed by atoms with Crippen molar-refractivity contribution in [3.63, 3.8) is 0 Å². The Morgan fingerprint density at radius 2 is 2.13 bits per heavy atom. The molecular weight excluding hydrogens is 194 g/mol. The van der Waals surface area contributed by atoms with Gasteiger partial charge in [0.1, 0.15) is 6.10 Å². The van der Waals surface area contributed by atoms with E-state index in [0.717, 1.165) is 0 Å². The minimum Gasteiger partial charge on any atom is -0.439 e. The molecule has 0 spiro atoms. The summed E-state index contributed by atoms with van der Waals surface area (Å²) in [5, 5.41) is 9.10. The van der Waals surface area contributed by atoms with Crippen molar-refractivity contribution in [3.8, 4) is 0 Å². The second-order valence-electron chi connectivity index (χ2n) is 3.20. The van der Waals surface area contributed by atoms with Gasteiger partial charge >= 0.3 is 6.09 Å². The number of aliphatic hydroxyl groups is 1. The predicted octanol–water partition coefficient (Wildman–Crippen LogP) is 1.09. The van der Waals surface area contributed by atoms with Gasteiger partial charge in [0.05, 0.1) is 18.7 Å². The van der Waals surface area contributed by atoms with Crippen molar-refractivity contribution < 1.29 is 14.6 Å². The maximum Gasteiger partial charge on any atom is 0.411 e. The van der Waals surface area contributed by atoms with E-state index < -0.39 is 18.2 Å². The summed E-state index contributed by atoms with van der Waals surface area (Å²) in [7, 11) is 0. The van der Waals surface area contributed by atoms with E-state index in [1.165, 1.54) is 11.0 Å². The van der Waals surface area contributed by atoms with Crippen molar-refractivity contribution in [2.24, 2.45) is 0 Å². The van der Waals surface area contributed by atoms with Crippen molar-refractivity contribution in [3.05, 3.63) is 38.0 Å². The SMILES string of the molecule is C=C[C@@H]1OC(=O)N([C@@H](C=C)CO)[C@H]1C=C. The molecule has 0 unspecified atom stereocenters. The zero-order valence-corrected chi connectivity index (χ0v) is 8.50. The van der Waals surface area contributed by atoms with Crippen LogP contribution in [-0.2, 0) is 4.74 Å². The van der Waals surface area contributed by atoms with Gasteiger partial charge in [0.25, 0.3) is 0 Å². The summed E-state index contributed by atoms with van der Waals surface area (Å²) in [6, 6.07) is -0.754. The van der Waals surface area contributed by atoms with Crippen molar-refractivity contribution in [1.29, 1.82) is 0 Å². The molecule has 1 N–H and O–H groups in total. The van der Waals surface area contributed by atoms with Gasteiger partial charge in [0.15, 0.2) is 0 Å². The number of cyclic esters (lactones) is 1. The molecule has 1 aliphatic heterocycles. The van der Waals surface area contributed by atoms with Gasteiger partial charge in [-0.05, 0) is 6.08 Å². The van der Waals surface area contributed by atoms with Crippen LogP contribution in [0.3, 0.4) is 0 Å². The van der Waals surface area contributed by atoms with Gasteiger partial charge in [-0.15, -0.1) is 13.2 Å². The normalized spacial score (nSPS) is 27.0. The summed E-state index contributed by atoms with van der Waals surface area (Å²) in [6.07, 6.45) is 3.75. The lowest BCUT2D eigenvalue weighted by Gasteiger charge is -2.25. The molecule has 3 atom stereocenters. The zero-order valence-electron chi connectivity index (χ0n) is 8.50. The smallest absolute Gasteiger partial charge is 0.411 e. The Morgan fingerprint density at radius 3 is 2.53 bits per heavy atom. The van der Waals surface area contributed by atoms with E-state index in [1.54, 1.807) is 12.2 Å². The van der Waals surface area contributed by atoms with Crippen molar-refractivity contribution in [2.45, 2.75) is 18.2 Å². The maximum absolute atomic E-state index is 11.5. The Labute approximate surface area is 89.1 Å². The number of ether oxygens (including phenoxy) is 1. The summed E-state index contributed by atoms with van der Waals surface area (Å²) < 4.78 is 5.05. The van der Waals surface area contributed by atoms with Gasteiger partial charge < -0.3 is 9.84 Å². The molecule has 0 radical (unpaired) electrons. The van der Waals surface area contributed by atoms with E-state index in [-0.39, 0.29) is 12.6 Å². The van der Waals surface area contributed by atoms with Crippen molar-refractivity contribution in [1.82, 2.24) is 4.90 Å². The number of hydrogen-bond acceptors (Lipinski definition) is 3. The fraction of sp³-hybridized carbons (Fsp3) is 0.364. The molecular formula is C11H15NO3. The lowest BCUT2D eigenvalue weighted by Crippen LogP contribution is -2.43. The van der Waals surface area contributed by atoms with Gasteiger partial charge in [0, 0.05) is 0 Å². The Morgan fingerprint density at radius 1 is 1.47 bits per heavy atom. The summed E-state index contributed by atoms with van der Waals surface area (Å²) in [6.45, 7) is 10.6. The standard InChI is InChI=1S/C11H15NO3/c1-4-8(7-13)12-9(5-2)10(6-3)15-11(12)14/h4-6,8-10,13H,1-3,7H2/t8-,9-,10-/m0/s1. The molecule has 0 aromatic carbocycles. The zero-order chi connectivity index (χ0) is 11.4. The van der Waals surface area contributed by atoms with Crippen LogP contribution >= 0.6 is 0 Å². The predicted molar refractivity (Wildman–Crippen MR) is 57.4 cm³/mol. The molecule has 4 nitrogen and oxygen atoms in total. The minimum atomic E-state index is -0.483. The molecule has 1 aliphatic rings. The van der Waals surface area contributed by atoms with E-state index >= 15 is 0 Å². The number of rotatable bonds is 5. The van der Waals surface area contributed by atoms with Gasteiger partial charge in [-0.1, -0.05) is 18.7 Å². The molecule has 1 fully saturated rings. The van der Waals surface area contributed by atoms with Crippen LogP contribution < -0.4 is 0 Å². The molecule has 0 aromatic heterocycles. The second-order valence-corrected chi connectivity index (χ2v) is 3.20. The first-order valence-corrected chi connectivity index (χ1v) is 4.67. The van der Waals surface area contributed by atoms with Crippen LogP contribution in [-0.4, -0.2) is 40.9 Å². The molecule has 1 heterocycles. The van der Waals surface area contributed by atoms with Crippen LogP contribution in [0.5, 0.6) is 0 Å². The Bertz CT molecular complexity index is 288. The van der Waals surface area contributed by atoms with Gasteiger partial charge in [-0.3, -0.25) is 4.90 Å². The Balaban J connectivity index is 2.94. The Hall–Kier alpha value is -1.55. The van der Waals surface area contributed by atoms with E-state index in [4.69, 9.17) is 9.84 Å². The molecule has 0 aromatic rings. The van der Waals surface area contributed by atoms with Gasteiger partial charge in [0.2, 0.25) is 0 Å². The molecule has 15 heavy (non-hydrogen) atoms. The molecule has 4 heteroatoms. The van der Waals surface area contributed by atoms with E-state index in [0.29, 0.717) is 0 Å². The van der Waals surface area contributed by atoms with Crippen LogP contribution in [0.15, 0.2) is 38.0 Å². The highest BCUT2D eigenvalue weighted by Crippen LogP contribution is 2.23. The molecule has 1 rings (SSSR count). The topological polar surface area (TPSA) is 49.8 Å². The molecule has 0 bridgehead atoms. The minimum absolute atomic E-state index is 0.188. The van der Waals surface area contributed by atoms with Crippen LogP contribution in [0.4, 0.5) is 4.79 Å². The van der Waals surface area contributed by atoms with Crippen LogP contribution in [0.25, 0.3) is 0 Å². The summed E-state index contributed by atoms with van der Waals surface area (Å²) >= 11 is 0. The molecule has 1 amide bonds. The lowest BCUT2D eigenvalue weighted by atomic mass is 10.1. The maximum atomic E-state index is 11.5. The van der Waals surface area contributed by atoms with E-state index in [1.807, 2.05) is 0 Å². The van der Waals surface area contributed by atoms with E-state index in [2.05, 4.69) is 19.7 Å². The molecule has 0 aliphatic carbocycles. The van der Waals surface area contributed by atoms with Crippen molar-refractivity contribution in [2.75, 3.05) is 6.61 Å². The van der Waals surface area contributed by atoms with Crippen LogP contribution in [0.2, 0.25) is 0 Å². The van der Waals surface area contributed by atoms with Gasteiger partial charge in [-0.25, -0.2) is 4.79 Å². The quantitative estimate of drug-likeness (QED) is 0.690.